The summed E-state index contributed by atoms with van der Waals surface area (Å²) >= 11 is 0. The minimum Gasteiger partial charge on any atom is -0.481 e. The van der Waals surface area contributed by atoms with E-state index in [2.05, 4.69) is 0 Å². The van der Waals surface area contributed by atoms with Crippen LogP contribution in [0.4, 0.5) is 0 Å². The number of hydrogen-bond acceptors (Lipinski definition) is 3. The second kappa shape index (κ2) is 6.45. The largest absolute Gasteiger partial charge is 0.481 e. The van der Waals surface area contributed by atoms with Crippen molar-refractivity contribution in [3.8, 4) is 0 Å². The topological polar surface area (TPSA) is 80.4 Å². The van der Waals surface area contributed by atoms with Crippen LogP contribution in [0.2, 0.25) is 0 Å². The smallest absolute Gasteiger partial charge is 0.306 e. The van der Waals surface area contributed by atoms with Crippen LogP contribution in [0.15, 0.2) is 0 Å². The van der Waals surface area contributed by atoms with Gasteiger partial charge in [0.05, 0.1) is 5.92 Å². The molecule has 0 atom stereocenters. The van der Waals surface area contributed by atoms with Gasteiger partial charge in [0.15, 0.2) is 0 Å². The first-order valence-corrected chi connectivity index (χ1v) is 5.97. The Morgan fingerprint density at radius 2 is 1.50 bits per heavy atom. The highest BCUT2D eigenvalue weighted by molar-refractivity contribution is 5.69. The Balaban J connectivity index is 2.43. The number of nitrogens with zero attached hydrogens (tertiary/aromatic N) is 1. The van der Waals surface area contributed by atoms with E-state index in [0.717, 1.165) is 25.7 Å². The Labute approximate surface area is 95.0 Å². The van der Waals surface area contributed by atoms with Gasteiger partial charge in [-0.1, -0.05) is 12.8 Å². The Hall–Kier alpha value is -1.13. The predicted octanol–water partition coefficient (Wildman–Crippen LogP) is 2.47. The van der Waals surface area contributed by atoms with Gasteiger partial charge in [0.1, 0.15) is 0 Å². The molecular formula is C11H19NO4. The maximum absolute atomic E-state index is 10.9. The fourth-order valence-corrected chi connectivity index (χ4v) is 2.29. The Morgan fingerprint density at radius 1 is 1.06 bits per heavy atom. The monoisotopic (exact) mass is 229 g/mol. The van der Waals surface area contributed by atoms with Crippen molar-refractivity contribution in [3.05, 3.63) is 10.1 Å². The molecule has 1 rings (SSSR count). The van der Waals surface area contributed by atoms with E-state index in [1.54, 1.807) is 0 Å². The molecule has 0 aromatic rings. The first kappa shape index (κ1) is 12.9. The molecule has 0 aliphatic heterocycles. The summed E-state index contributed by atoms with van der Waals surface area (Å²) in [6.45, 7) is 0. The van der Waals surface area contributed by atoms with Crippen LogP contribution in [0.5, 0.6) is 0 Å². The third-order valence-corrected chi connectivity index (χ3v) is 3.33. The molecular weight excluding hydrogens is 210 g/mol. The van der Waals surface area contributed by atoms with E-state index in [0.29, 0.717) is 25.7 Å². The first-order valence-electron chi connectivity index (χ1n) is 5.97. The van der Waals surface area contributed by atoms with E-state index in [4.69, 9.17) is 5.11 Å². The zero-order chi connectivity index (χ0) is 12.0. The second-order valence-electron chi connectivity index (χ2n) is 4.54. The third-order valence-electron chi connectivity index (χ3n) is 3.33. The summed E-state index contributed by atoms with van der Waals surface area (Å²) < 4.78 is 0. The molecule has 0 radical (unpaired) electrons. The van der Waals surface area contributed by atoms with E-state index < -0.39 is 12.0 Å². The fourth-order valence-electron chi connectivity index (χ4n) is 2.29. The number of carboxylic acids is 1. The Morgan fingerprint density at radius 3 is 1.88 bits per heavy atom. The maximum Gasteiger partial charge on any atom is 0.306 e. The van der Waals surface area contributed by atoms with Crippen LogP contribution in [0, 0.1) is 16.0 Å². The molecule has 0 bridgehead atoms. The summed E-state index contributed by atoms with van der Waals surface area (Å²) in [5, 5.41) is 19.7. The van der Waals surface area contributed by atoms with Crippen LogP contribution in [0.3, 0.4) is 0 Å². The zero-order valence-corrected chi connectivity index (χ0v) is 9.43. The number of rotatable bonds is 2. The highest BCUT2D eigenvalue weighted by atomic mass is 16.6. The lowest BCUT2D eigenvalue weighted by Crippen LogP contribution is -2.21. The van der Waals surface area contributed by atoms with Crippen molar-refractivity contribution < 1.29 is 14.8 Å². The summed E-state index contributed by atoms with van der Waals surface area (Å²) in [7, 11) is 0. The summed E-state index contributed by atoms with van der Waals surface area (Å²) in [5.74, 6) is -0.960. The minimum atomic E-state index is -0.716. The van der Waals surface area contributed by atoms with E-state index in [1.165, 1.54) is 0 Å². The van der Waals surface area contributed by atoms with Gasteiger partial charge in [0, 0.05) is 17.8 Å². The van der Waals surface area contributed by atoms with Gasteiger partial charge in [-0.3, -0.25) is 14.9 Å². The second-order valence-corrected chi connectivity index (χ2v) is 4.54. The number of hydrogen-bond donors (Lipinski definition) is 1. The lowest BCUT2D eigenvalue weighted by atomic mass is 9.91. The summed E-state index contributed by atoms with van der Waals surface area (Å²) in [6, 6.07) is -0.415. The zero-order valence-electron chi connectivity index (χ0n) is 9.43. The van der Waals surface area contributed by atoms with Crippen molar-refractivity contribution in [2.45, 2.75) is 57.4 Å². The molecule has 5 heteroatoms. The van der Waals surface area contributed by atoms with Crippen molar-refractivity contribution in [1.82, 2.24) is 0 Å². The van der Waals surface area contributed by atoms with Gasteiger partial charge in [0.2, 0.25) is 6.04 Å². The SMILES string of the molecule is O=C(O)C1CCCCC([N+](=O)[O-])CCCC1. The molecule has 16 heavy (non-hydrogen) atoms. The molecule has 0 unspecified atom stereocenters. The van der Waals surface area contributed by atoms with Gasteiger partial charge in [-0.05, 0) is 25.7 Å². The average molecular weight is 229 g/mol. The molecule has 1 N–H and O–H groups in total. The maximum atomic E-state index is 10.9. The van der Waals surface area contributed by atoms with Crippen LogP contribution < -0.4 is 0 Å². The van der Waals surface area contributed by atoms with Crippen LogP contribution in [-0.4, -0.2) is 22.0 Å². The molecule has 0 heterocycles. The number of carboxylic acid groups (broad SMARTS) is 1. The van der Waals surface area contributed by atoms with Gasteiger partial charge in [0.25, 0.3) is 0 Å². The Bertz CT molecular complexity index is 216. The first-order chi connectivity index (χ1) is 7.61. The Kier molecular flexibility index (Phi) is 5.22. The molecule has 1 aliphatic rings. The van der Waals surface area contributed by atoms with Crippen LogP contribution >= 0.6 is 0 Å². The summed E-state index contributed by atoms with van der Waals surface area (Å²) in [6.07, 6.45) is 5.66. The molecule has 0 aromatic heterocycles. The highest BCUT2D eigenvalue weighted by Gasteiger charge is 2.23. The van der Waals surface area contributed by atoms with Crippen LogP contribution in [0.1, 0.15) is 51.4 Å². The van der Waals surface area contributed by atoms with Crippen molar-refractivity contribution >= 4 is 5.97 Å². The minimum absolute atomic E-state index is 0.184. The average Bonchev–Trinajstić information content (AvgIpc) is 2.24. The standard InChI is InChI=1S/C11H19NO4/c13-11(14)9-5-1-3-7-10(12(15)16)8-4-2-6-9/h9-10H,1-8H2,(H,13,14). The van der Waals surface area contributed by atoms with Gasteiger partial charge < -0.3 is 5.11 Å². The van der Waals surface area contributed by atoms with Gasteiger partial charge >= 0.3 is 5.97 Å². The normalized spacial score (nSPS) is 28.2. The molecule has 0 aromatic carbocycles. The fraction of sp³-hybridized carbons (Fsp3) is 0.909. The number of nitro groups is 1. The van der Waals surface area contributed by atoms with Crippen LogP contribution in [-0.2, 0) is 4.79 Å². The van der Waals surface area contributed by atoms with Gasteiger partial charge in [-0.2, -0.15) is 0 Å². The van der Waals surface area contributed by atoms with Crippen molar-refractivity contribution in [3.63, 3.8) is 0 Å². The number of aliphatic carboxylic acids is 1. The molecule has 0 saturated heterocycles. The molecule has 0 amide bonds. The van der Waals surface area contributed by atoms with E-state index in [9.17, 15) is 14.9 Å². The van der Waals surface area contributed by atoms with Gasteiger partial charge in [-0.15, -0.1) is 0 Å². The molecule has 92 valence electrons. The lowest BCUT2D eigenvalue weighted by molar-refractivity contribution is -0.524. The lowest BCUT2D eigenvalue weighted by Gasteiger charge is -2.16. The van der Waals surface area contributed by atoms with E-state index in [-0.39, 0.29) is 10.8 Å². The van der Waals surface area contributed by atoms with E-state index >= 15 is 0 Å². The molecule has 1 saturated carbocycles. The molecule has 1 aliphatic carbocycles. The predicted molar refractivity (Wildman–Crippen MR) is 58.8 cm³/mol. The van der Waals surface area contributed by atoms with Crippen molar-refractivity contribution in [1.29, 1.82) is 0 Å². The molecule has 0 spiro atoms. The molecule has 5 nitrogen and oxygen atoms in total. The third kappa shape index (κ3) is 4.16. The quantitative estimate of drug-likeness (QED) is 0.582. The van der Waals surface area contributed by atoms with Gasteiger partial charge in [-0.25, -0.2) is 0 Å². The van der Waals surface area contributed by atoms with Crippen molar-refractivity contribution in [2.75, 3.05) is 0 Å². The number of carbonyl (C=O) groups is 1. The van der Waals surface area contributed by atoms with Crippen LogP contribution in [0.25, 0.3) is 0 Å². The highest BCUT2D eigenvalue weighted by Crippen LogP contribution is 2.22. The van der Waals surface area contributed by atoms with Crippen molar-refractivity contribution in [2.24, 2.45) is 5.92 Å². The van der Waals surface area contributed by atoms with E-state index in [1.807, 2.05) is 0 Å². The summed E-state index contributed by atoms with van der Waals surface area (Å²) in [5.41, 5.74) is 0. The summed E-state index contributed by atoms with van der Waals surface area (Å²) in [4.78, 5) is 21.4. The molecule has 1 fully saturated rings.